The highest BCUT2D eigenvalue weighted by atomic mass is 32.1. The van der Waals surface area contributed by atoms with Gasteiger partial charge in [-0.05, 0) is 54.8 Å². The molecule has 0 aliphatic carbocycles. The third-order valence-electron chi connectivity index (χ3n) is 3.74. The maximum Gasteiger partial charge on any atom is 0.224 e. The summed E-state index contributed by atoms with van der Waals surface area (Å²) < 4.78 is 0. The summed E-state index contributed by atoms with van der Waals surface area (Å²) in [6.07, 6.45) is 4.76. The van der Waals surface area contributed by atoms with Crippen molar-refractivity contribution in [2.75, 3.05) is 17.2 Å². The molecule has 1 amide bonds. The van der Waals surface area contributed by atoms with E-state index in [0.29, 0.717) is 6.42 Å². The summed E-state index contributed by atoms with van der Waals surface area (Å²) >= 11 is 1.75. The normalized spacial score (nSPS) is 13.3. The van der Waals surface area contributed by atoms with Crippen molar-refractivity contribution in [1.29, 1.82) is 0 Å². The molecule has 1 aromatic heterocycles. The zero-order chi connectivity index (χ0) is 14.5. The van der Waals surface area contributed by atoms with Crippen molar-refractivity contribution in [1.82, 2.24) is 0 Å². The van der Waals surface area contributed by atoms with Crippen LogP contribution in [0.15, 0.2) is 35.7 Å². The molecule has 3 rings (SSSR count). The van der Waals surface area contributed by atoms with Crippen LogP contribution in [0.25, 0.3) is 0 Å². The molecule has 21 heavy (non-hydrogen) atoms. The van der Waals surface area contributed by atoms with Crippen LogP contribution in [0.3, 0.4) is 0 Å². The molecule has 2 aromatic rings. The molecule has 1 aromatic carbocycles. The molecule has 0 fully saturated rings. The molecule has 110 valence electrons. The van der Waals surface area contributed by atoms with Gasteiger partial charge in [-0.15, -0.1) is 11.3 Å². The zero-order valence-electron chi connectivity index (χ0n) is 12.0. The summed E-state index contributed by atoms with van der Waals surface area (Å²) in [4.78, 5) is 13.3. The minimum absolute atomic E-state index is 0.0994. The number of nitrogens with one attached hydrogen (secondary N) is 2. The minimum Gasteiger partial charge on any atom is -0.385 e. The second-order valence-corrected chi connectivity index (χ2v) is 6.42. The second kappa shape index (κ2) is 6.76. The first kappa shape index (κ1) is 14.1. The third-order valence-corrected chi connectivity index (χ3v) is 4.68. The fourth-order valence-corrected chi connectivity index (χ4v) is 3.39. The lowest BCUT2D eigenvalue weighted by Crippen LogP contribution is -2.14. The van der Waals surface area contributed by atoms with Crippen molar-refractivity contribution < 1.29 is 4.79 Å². The number of rotatable bonds is 5. The van der Waals surface area contributed by atoms with Gasteiger partial charge >= 0.3 is 0 Å². The molecule has 0 spiro atoms. The molecule has 2 heterocycles. The Hall–Kier alpha value is -1.81. The van der Waals surface area contributed by atoms with Gasteiger partial charge in [-0.2, -0.15) is 0 Å². The number of aryl methyl sites for hydroxylation is 2. The molecule has 2 N–H and O–H groups in total. The Balaban J connectivity index is 1.50. The van der Waals surface area contributed by atoms with Gasteiger partial charge in [0.2, 0.25) is 5.91 Å². The first-order valence-electron chi connectivity index (χ1n) is 7.50. The minimum atomic E-state index is 0.0994. The molecule has 1 aliphatic heterocycles. The lowest BCUT2D eigenvalue weighted by Gasteiger charge is -2.18. The molecule has 0 saturated heterocycles. The van der Waals surface area contributed by atoms with Gasteiger partial charge in [0.25, 0.3) is 0 Å². The van der Waals surface area contributed by atoms with E-state index in [1.165, 1.54) is 16.9 Å². The summed E-state index contributed by atoms with van der Waals surface area (Å²) in [5, 5.41) is 8.46. The van der Waals surface area contributed by atoms with Crippen LogP contribution in [0.4, 0.5) is 11.4 Å². The fourth-order valence-electron chi connectivity index (χ4n) is 2.64. The van der Waals surface area contributed by atoms with E-state index in [2.05, 4.69) is 34.2 Å². The van der Waals surface area contributed by atoms with Crippen LogP contribution in [0.2, 0.25) is 0 Å². The maximum absolute atomic E-state index is 12.0. The van der Waals surface area contributed by atoms with E-state index in [0.717, 1.165) is 37.2 Å². The number of fused-ring (bicyclic) bond motifs is 1. The maximum atomic E-state index is 12.0. The number of carbonyl (C=O) groups excluding carboxylic acids is 1. The number of hydrogen-bond acceptors (Lipinski definition) is 3. The van der Waals surface area contributed by atoms with Crippen molar-refractivity contribution in [3.8, 4) is 0 Å². The predicted molar refractivity (Wildman–Crippen MR) is 89.1 cm³/mol. The van der Waals surface area contributed by atoms with Gasteiger partial charge in [-0.3, -0.25) is 4.79 Å². The van der Waals surface area contributed by atoms with Crippen LogP contribution in [0.1, 0.15) is 29.7 Å². The SMILES string of the molecule is O=C(CCCc1cccs1)Nc1ccc2c(c1)NCCC2. The fraction of sp³-hybridized carbons (Fsp3) is 0.353. The van der Waals surface area contributed by atoms with Crippen LogP contribution >= 0.6 is 11.3 Å². The number of carbonyl (C=O) groups is 1. The topological polar surface area (TPSA) is 41.1 Å². The second-order valence-electron chi connectivity index (χ2n) is 5.38. The Kier molecular flexibility index (Phi) is 4.55. The Labute approximate surface area is 129 Å². The van der Waals surface area contributed by atoms with Gasteiger partial charge in [0.1, 0.15) is 0 Å². The van der Waals surface area contributed by atoms with Crippen LogP contribution in [-0.2, 0) is 17.6 Å². The first-order valence-corrected chi connectivity index (χ1v) is 8.38. The number of thiophene rings is 1. The highest BCUT2D eigenvalue weighted by Crippen LogP contribution is 2.25. The van der Waals surface area contributed by atoms with Crippen LogP contribution in [0.5, 0.6) is 0 Å². The van der Waals surface area contributed by atoms with E-state index >= 15 is 0 Å². The summed E-state index contributed by atoms with van der Waals surface area (Å²) in [6.45, 7) is 1.02. The predicted octanol–water partition coefficient (Wildman–Crippen LogP) is 4.07. The summed E-state index contributed by atoms with van der Waals surface area (Å²) in [5.41, 5.74) is 3.40. The van der Waals surface area contributed by atoms with E-state index in [9.17, 15) is 4.79 Å². The molecule has 0 radical (unpaired) electrons. The Morgan fingerprint density at radius 2 is 2.29 bits per heavy atom. The third kappa shape index (κ3) is 3.85. The monoisotopic (exact) mass is 300 g/mol. The van der Waals surface area contributed by atoms with Gasteiger partial charge in [0, 0.05) is 29.2 Å². The smallest absolute Gasteiger partial charge is 0.224 e. The van der Waals surface area contributed by atoms with Gasteiger partial charge in [-0.1, -0.05) is 12.1 Å². The highest BCUT2D eigenvalue weighted by molar-refractivity contribution is 7.09. The first-order chi connectivity index (χ1) is 10.3. The van der Waals surface area contributed by atoms with Gasteiger partial charge in [-0.25, -0.2) is 0 Å². The number of anilines is 2. The number of hydrogen-bond donors (Lipinski definition) is 2. The standard InChI is InChI=1S/C17H20N2OS/c20-17(7-1-5-15-6-3-11-21-15)19-14-9-8-13-4-2-10-18-16(13)12-14/h3,6,8-9,11-12,18H,1-2,4-5,7,10H2,(H,19,20). The van der Waals surface area contributed by atoms with Gasteiger partial charge in [0.15, 0.2) is 0 Å². The number of benzene rings is 1. The highest BCUT2D eigenvalue weighted by Gasteiger charge is 2.10. The zero-order valence-corrected chi connectivity index (χ0v) is 12.8. The largest absolute Gasteiger partial charge is 0.385 e. The molecule has 3 nitrogen and oxygen atoms in total. The quantitative estimate of drug-likeness (QED) is 0.874. The van der Waals surface area contributed by atoms with Crippen molar-refractivity contribution in [2.24, 2.45) is 0 Å². The molecule has 1 aliphatic rings. The lowest BCUT2D eigenvalue weighted by molar-refractivity contribution is -0.116. The summed E-state index contributed by atoms with van der Waals surface area (Å²) in [6, 6.07) is 10.3. The van der Waals surface area contributed by atoms with Crippen LogP contribution in [0, 0.1) is 0 Å². The molecule has 4 heteroatoms. The van der Waals surface area contributed by atoms with E-state index in [1.54, 1.807) is 11.3 Å². The van der Waals surface area contributed by atoms with Crippen LogP contribution < -0.4 is 10.6 Å². The Morgan fingerprint density at radius 3 is 3.14 bits per heavy atom. The summed E-state index contributed by atoms with van der Waals surface area (Å²) in [7, 11) is 0. The molecular weight excluding hydrogens is 280 g/mol. The Bertz CT molecular complexity index is 607. The van der Waals surface area contributed by atoms with Crippen molar-refractivity contribution in [2.45, 2.75) is 32.1 Å². The average Bonchev–Trinajstić information content (AvgIpc) is 3.00. The van der Waals surface area contributed by atoms with E-state index in [-0.39, 0.29) is 5.91 Å². The van der Waals surface area contributed by atoms with Crippen molar-refractivity contribution in [3.05, 3.63) is 46.2 Å². The molecule has 0 saturated carbocycles. The van der Waals surface area contributed by atoms with Crippen molar-refractivity contribution in [3.63, 3.8) is 0 Å². The van der Waals surface area contributed by atoms with E-state index in [1.807, 2.05) is 12.1 Å². The van der Waals surface area contributed by atoms with Gasteiger partial charge in [0.05, 0.1) is 0 Å². The lowest BCUT2D eigenvalue weighted by atomic mass is 10.0. The molecular formula is C17H20N2OS. The molecule has 0 atom stereocenters. The van der Waals surface area contributed by atoms with Crippen LogP contribution in [-0.4, -0.2) is 12.5 Å². The average molecular weight is 300 g/mol. The Morgan fingerprint density at radius 1 is 1.33 bits per heavy atom. The number of amides is 1. The van der Waals surface area contributed by atoms with E-state index < -0.39 is 0 Å². The molecule has 0 unspecified atom stereocenters. The van der Waals surface area contributed by atoms with Crippen molar-refractivity contribution >= 4 is 28.6 Å². The van der Waals surface area contributed by atoms with Gasteiger partial charge < -0.3 is 10.6 Å². The summed E-state index contributed by atoms with van der Waals surface area (Å²) in [5.74, 6) is 0.0994. The van der Waals surface area contributed by atoms with E-state index in [4.69, 9.17) is 0 Å². The molecule has 0 bridgehead atoms.